The average molecular weight is 276 g/mol. The van der Waals surface area contributed by atoms with E-state index >= 15 is 0 Å². The van der Waals surface area contributed by atoms with E-state index in [0.29, 0.717) is 18.4 Å². The number of aryl methyl sites for hydroxylation is 1. The van der Waals surface area contributed by atoms with Gasteiger partial charge in [0.05, 0.1) is 7.11 Å². The summed E-state index contributed by atoms with van der Waals surface area (Å²) in [5.41, 5.74) is 1.85. The zero-order valence-corrected chi connectivity index (χ0v) is 12.5. The van der Waals surface area contributed by atoms with Crippen molar-refractivity contribution in [1.29, 1.82) is 0 Å². The van der Waals surface area contributed by atoms with Crippen LogP contribution in [0.25, 0.3) is 0 Å². The molecule has 1 aliphatic heterocycles. The Hall–Kier alpha value is -1.55. The average Bonchev–Trinajstić information content (AvgIpc) is 2.41. The second kappa shape index (κ2) is 6.75. The summed E-state index contributed by atoms with van der Waals surface area (Å²) >= 11 is 0. The van der Waals surface area contributed by atoms with Gasteiger partial charge in [0.1, 0.15) is 5.75 Å². The Balaban J connectivity index is 1.92. The topological polar surface area (TPSA) is 50.4 Å². The molecule has 0 spiro atoms. The fourth-order valence-electron chi connectivity index (χ4n) is 2.76. The largest absolute Gasteiger partial charge is 0.496 e. The summed E-state index contributed by atoms with van der Waals surface area (Å²) in [5, 5.41) is 6.40. The third kappa shape index (κ3) is 3.73. The van der Waals surface area contributed by atoms with Crippen LogP contribution in [0.3, 0.4) is 0 Å². The first-order chi connectivity index (χ1) is 9.60. The summed E-state index contributed by atoms with van der Waals surface area (Å²) in [5.74, 6) is 1.47. The molecule has 1 fully saturated rings. The van der Waals surface area contributed by atoms with E-state index in [1.807, 2.05) is 25.1 Å². The first-order valence-electron chi connectivity index (χ1n) is 7.28. The number of hydrogen-bond donors (Lipinski definition) is 2. The highest BCUT2D eigenvalue weighted by atomic mass is 16.5. The van der Waals surface area contributed by atoms with Crippen LogP contribution >= 0.6 is 0 Å². The van der Waals surface area contributed by atoms with Crippen LogP contribution in [0.4, 0.5) is 5.69 Å². The molecule has 4 heteroatoms. The van der Waals surface area contributed by atoms with Crippen molar-refractivity contribution in [2.24, 2.45) is 5.92 Å². The van der Waals surface area contributed by atoms with Crippen LogP contribution in [-0.2, 0) is 4.79 Å². The first kappa shape index (κ1) is 14.9. The number of benzene rings is 1. The molecular formula is C16H24N2O2. The van der Waals surface area contributed by atoms with E-state index in [2.05, 4.69) is 17.6 Å². The zero-order valence-electron chi connectivity index (χ0n) is 12.5. The molecule has 0 aromatic heterocycles. The van der Waals surface area contributed by atoms with Crippen molar-refractivity contribution in [2.75, 3.05) is 19.0 Å². The Morgan fingerprint density at radius 3 is 2.95 bits per heavy atom. The Morgan fingerprint density at radius 1 is 1.50 bits per heavy atom. The lowest BCUT2D eigenvalue weighted by Gasteiger charge is -2.29. The number of amides is 1. The molecule has 0 radical (unpaired) electrons. The third-order valence-corrected chi connectivity index (χ3v) is 4.01. The smallest absolute Gasteiger partial charge is 0.225 e. The summed E-state index contributed by atoms with van der Waals surface area (Å²) in [6.07, 6.45) is 2.94. The lowest BCUT2D eigenvalue weighted by Crippen LogP contribution is -2.42. The quantitative estimate of drug-likeness (QED) is 0.889. The highest BCUT2D eigenvalue weighted by Crippen LogP contribution is 2.22. The van der Waals surface area contributed by atoms with Crippen LogP contribution in [-0.4, -0.2) is 25.6 Å². The molecule has 2 N–H and O–H groups in total. The number of anilines is 1. The third-order valence-electron chi connectivity index (χ3n) is 4.01. The molecule has 4 nitrogen and oxygen atoms in total. The van der Waals surface area contributed by atoms with Crippen molar-refractivity contribution < 1.29 is 9.53 Å². The van der Waals surface area contributed by atoms with Gasteiger partial charge in [-0.2, -0.15) is 0 Å². The molecule has 0 saturated carbocycles. The second-order valence-corrected chi connectivity index (χ2v) is 5.62. The fourth-order valence-corrected chi connectivity index (χ4v) is 2.76. The maximum atomic E-state index is 12.1. The minimum absolute atomic E-state index is 0.0702. The second-order valence-electron chi connectivity index (χ2n) is 5.62. The molecule has 110 valence electrons. The van der Waals surface area contributed by atoms with Gasteiger partial charge in [0.15, 0.2) is 0 Å². The maximum Gasteiger partial charge on any atom is 0.225 e. The van der Waals surface area contributed by atoms with Gasteiger partial charge in [0.25, 0.3) is 0 Å². The van der Waals surface area contributed by atoms with Gasteiger partial charge < -0.3 is 15.4 Å². The van der Waals surface area contributed by atoms with Crippen LogP contribution in [0.15, 0.2) is 18.2 Å². The molecule has 1 saturated heterocycles. The Morgan fingerprint density at radius 2 is 2.30 bits per heavy atom. The van der Waals surface area contributed by atoms with Crippen molar-refractivity contribution >= 4 is 11.6 Å². The molecule has 0 bridgehead atoms. The van der Waals surface area contributed by atoms with Gasteiger partial charge in [-0.3, -0.25) is 4.79 Å². The number of ether oxygens (including phenoxy) is 1. The van der Waals surface area contributed by atoms with E-state index < -0.39 is 0 Å². The van der Waals surface area contributed by atoms with E-state index in [1.165, 1.54) is 12.8 Å². The van der Waals surface area contributed by atoms with Crippen LogP contribution < -0.4 is 15.4 Å². The minimum Gasteiger partial charge on any atom is -0.496 e. The molecule has 1 amide bonds. The van der Waals surface area contributed by atoms with Gasteiger partial charge in [-0.05, 0) is 56.0 Å². The molecule has 1 heterocycles. The van der Waals surface area contributed by atoms with E-state index in [-0.39, 0.29) is 5.91 Å². The first-order valence-corrected chi connectivity index (χ1v) is 7.28. The fraction of sp³-hybridized carbons (Fsp3) is 0.562. The normalized spacial score (nSPS) is 22.4. The minimum atomic E-state index is 0.0702. The van der Waals surface area contributed by atoms with Gasteiger partial charge in [-0.25, -0.2) is 0 Å². The van der Waals surface area contributed by atoms with E-state index in [0.717, 1.165) is 23.5 Å². The molecule has 2 atom stereocenters. The number of rotatable bonds is 4. The Labute approximate surface area is 120 Å². The molecular weight excluding hydrogens is 252 g/mol. The van der Waals surface area contributed by atoms with Gasteiger partial charge in [0.2, 0.25) is 5.91 Å². The van der Waals surface area contributed by atoms with Crippen molar-refractivity contribution in [3.63, 3.8) is 0 Å². The number of nitrogens with one attached hydrogen (secondary N) is 2. The van der Waals surface area contributed by atoms with Crippen LogP contribution in [0.1, 0.15) is 31.7 Å². The molecule has 2 unspecified atom stereocenters. The molecule has 2 rings (SSSR count). The van der Waals surface area contributed by atoms with Gasteiger partial charge in [-0.1, -0.05) is 6.92 Å². The predicted octanol–water partition coefficient (Wildman–Crippen LogP) is 2.72. The van der Waals surface area contributed by atoms with Crippen LogP contribution in [0, 0.1) is 12.8 Å². The molecule has 1 aromatic rings. The van der Waals surface area contributed by atoms with E-state index in [9.17, 15) is 4.79 Å². The summed E-state index contributed by atoms with van der Waals surface area (Å²) in [4.78, 5) is 12.1. The van der Waals surface area contributed by atoms with Crippen molar-refractivity contribution in [3.05, 3.63) is 23.8 Å². The van der Waals surface area contributed by atoms with Gasteiger partial charge in [0, 0.05) is 18.2 Å². The Kier molecular flexibility index (Phi) is 5.01. The van der Waals surface area contributed by atoms with E-state index in [4.69, 9.17) is 4.74 Å². The number of carbonyl (C=O) groups is 1. The molecule has 20 heavy (non-hydrogen) atoms. The maximum absolute atomic E-state index is 12.1. The van der Waals surface area contributed by atoms with Gasteiger partial charge in [-0.15, -0.1) is 0 Å². The Bertz CT molecular complexity index is 474. The summed E-state index contributed by atoms with van der Waals surface area (Å²) in [6.45, 7) is 5.20. The highest BCUT2D eigenvalue weighted by Gasteiger charge is 2.23. The molecule has 1 aromatic carbocycles. The lowest BCUT2D eigenvalue weighted by atomic mass is 9.90. The standard InChI is InChI=1S/C16H24N2O2/c1-11-5-4-8-17-14(11)10-16(19)18-13-6-7-15(20-3)12(2)9-13/h6-7,9,11,14,17H,4-5,8,10H2,1-3H3,(H,18,19). The number of methoxy groups -OCH3 is 1. The summed E-state index contributed by atoms with van der Waals surface area (Å²) < 4.78 is 5.22. The highest BCUT2D eigenvalue weighted by molar-refractivity contribution is 5.91. The monoisotopic (exact) mass is 276 g/mol. The lowest BCUT2D eigenvalue weighted by molar-refractivity contribution is -0.117. The van der Waals surface area contributed by atoms with Crippen molar-refractivity contribution in [3.8, 4) is 5.75 Å². The predicted molar refractivity (Wildman–Crippen MR) is 81.2 cm³/mol. The van der Waals surface area contributed by atoms with E-state index in [1.54, 1.807) is 7.11 Å². The number of piperidine rings is 1. The summed E-state index contributed by atoms with van der Waals surface area (Å²) in [6, 6.07) is 5.99. The molecule has 1 aliphatic rings. The number of carbonyl (C=O) groups excluding carboxylic acids is 1. The number of hydrogen-bond acceptors (Lipinski definition) is 3. The van der Waals surface area contributed by atoms with Gasteiger partial charge >= 0.3 is 0 Å². The zero-order chi connectivity index (χ0) is 14.5. The SMILES string of the molecule is COc1ccc(NC(=O)CC2NCCCC2C)cc1C. The summed E-state index contributed by atoms with van der Waals surface area (Å²) in [7, 11) is 1.65. The van der Waals surface area contributed by atoms with Crippen LogP contribution in [0.5, 0.6) is 5.75 Å². The van der Waals surface area contributed by atoms with Crippen molar-refractivity contribution in [1.82, 2.24) is 5.32 Å². The molecule has 0 aliphatic carbocycles. The van der Waals surface area contributed by atoms with Crippen LogP contribution in [0.2, 0.25) is 0 Å². The van der Waals surface area contributed by atoms with Crippen molar-refractivity contribution in [2.45, 2.75) is 39.2 Å².